The molecule has 0 unspecified atom stereocenters. The summed E-state index contributed by atoms with van der Waals surface area (Å²) in [6.07, 6.45) is 0.373. The average molecular weight is 324 g/mol. The van der Waals surface area contributed by atoms with E-state index in [1.54, 1.807) is 12.1 Å². The molecule has 2 rings (SSSR count). The summed E-state index contributed by atoms with van der Waals surface area (Å²) < 4.78 is 5.28. The molecular weight excluding hydrogens is 310 g/mol. The monoisotopic (exact) mass is 323 g/mol. The highest BCUT2D eigenvalue weighted by atomic mass is 35.5. The second-order valence-electron chi connectivity index (χ2n) is 4.34. The van der Waals surface area contributed by atoms with E-state index in [9.17, 15) is 9.59 Å². The summed E-state index contributed by atoms with van der Waals surface area (Å²) in [6.45, 7) is 0. The van der Waals surface area contributed by atoms with E-state index in [1.165, 1.54) is 7.11 Å². The minimum atomic E-state index is -0.731. The molecule has 0 aliphatic rings. The molecule has 6 heteroatoms. The fourth-order valence-corrected chi connectivity index (χ4v) is 2.80. The summed E-state index contributed by atoms with van der Waals surface area (Å²) in [6, 6.07) is 12.0. The van der Waals surface area contributed by atoms with Crippen molar-refractivity contribution < 1.29 is 14.3 Å². The van der Waals surface area contributed by atoms with Crippen molar-refractivity contribution in [3.05, 3.63) is 57.2 Å². The van der Waals surface area contributed by atoms with E-state index in [2.05, 4.69) is 5.32 Å². The van der Waals surface area contributed by atoms with Gasteiger partial charge in [0.15, 0.2) is 0 Å². The Kier molecular flexibility index (Phi) is 5.36. The van der Waals surface area contributed by atoms with E-state index >= 15 is 0 Å². The second kappa shape index (κ2) is 7.24. The lowest BCUT2D eigenvalue weighted by atomic mass is 10.1. The predicted octanol–water partition coefficient (Wildman–Crippen LogP) is 2.92. The molecule has 0 saturated heterocycles. The average Bonchev–Trinajstić information content (AvgIpc) is 2.93. The number of benzene rings is 1. The van der Waals surface area contributed by atoms with Crippen LogP contribution in [0.3, 0.4) is 0 Å². The van der Waals surface area contributed by atoms with Gasteiger partial charge in [0.2, 0.25) is 0 Å². The Morgan fingerprint density at radius 3 is 2.52 bits per heavy atom. The third kappa shape index (κ3) is 4.31. The Balaban J connectivity index is 2.09. The van der Waals surface area contributed by atoms with E-state index in [0.717, 1.165) is 16.9 Å². The summed E-state index contributed by atoms with van der Waals surface area (Å²) in [5.74, 6) is -0.812. The number of amides is 1. The van der Waals surface area contributed by atoms with Gasteiger partial charge < -0.3 is 10.1 Å². The van der Waals surface area contributed by atoms with Crippen molar-refractivity contribution in [1.29, 1.82) is 0 Å². The van der Waals surface area contributed by atoms with Crippen LogP contribution < -0.4 is 5.32 Å². The lowest BCUT2D eigenvalue weighted by molar-refractivity contribution is -0.142. The van der Waals surface area contributed by atoms with Crippen LogP contribution in [0, 0.1) is 0 Å². The first-order chi connectivity index (χ1) is 10.1. The van der Waals surface area contributed by atoms with Gasteiger partial charge in [-0.3, -0.25) is 4.79 Å². The number of hydrogen-bond donors (Lipinski definition) is 1. The van der Waals surface area contributed by atoms with Crippen LogP contribution in [0.15, 0.2) is 42.5 Å². The molecule has 2 aromatic rings. The van der Waals surface area contributed by atoms with Crippen molar-refractivity contribution in [2.24, 2.45) is 0 Å². The highest BCUT2D eigenvalue weighted by Crippen LogP contribution is 2.21. The Bertz CT molecular complexity index is 627. The Hall–Kier alpha value is -1.85. The molecule has 1 amide bonds. The Morgan fingerprint density at radius 2 is 1.95 bits per heavy atom. The third-order valence-electron chi connectivity index (χ3n) is 2.87. The molecular formula is C15H14ClNO3S. The molecule has 1 atom stereocenters. The third-order valence-corrected chi connectivity index (χ3v) is 4.10. The van der Waals surface area contributed by atoms with E-state index in [1.807, 2.05) is 30.3 Å². The molecule has 0 fully saturated rings. The molecule has 1 heterocycles. The number of methoxy groups -OCH3 is 1. The molecule has 110 valence electrons. The van der Waals surface area contributed by atoms with Crippen molar-refractivity contribution in [2.45, 2.75) is 12.5 Å². The van der Waals surface area contributed by atoms with Gasteiger partial charge in [0.05, 0.1) is 16.3 Å². The van der Waals surface area contributed by atoms with Crippen molar-refractivity contribution in [3.8, 4) is 0 Å². The number of carbonyl (C=O) groups excluding carboxylic acids is 2. The molecule has 21 heavy (non-hydrogen) atoms. The summed E-state index contributed by atoms with van der Waals surface area (Å²) in [7, 11) is 1.30. The molecule has 0 radical (unpaired) electrons. The zero-order chi connectivity index (χ0) is 15.2. The van der Waals surface area contributed by atoms with E-state index in [0.29, 0.717) is 15.6 Å². The lowest BCUT2D eigenvalue weighted by Gasteiger charge is -2.16. The summed E-state index contributed by atoms with van der Waals surface area (Å²) in [5.41, 5.74) is 0.942. The molecule has 0 saturated carbocycles. The van der Waals surface area contributed by atoms with Crippen LogP contribution in [0.1, 0.15) is 15.2 Å². The molecule has 0 aliphatic carbocycles. The largest absolute Gasteiger partial charge is 0.467 e. The van der Waals surface area contributed by atoms with Crippen LogP contribution in [0.5, 0.6) is 0 Å². The highest BCUT2D eigenvalue weighted by Gasteiger charge is 2.23. The van der Waals surface area contributed by atoms with E-state index < -0.39 is 12.0 Å². The van der Waals surface area contributed by atoms with E-state index in [-0.39, 0.29) is 5.91 Å². The maximum absolute atomic E-state index is 12.1. The Labute approximate surface area is 131 Å². The van der Waals surface area contributed by atoms with Gasteiger partial charge in [-0.05, 0) is 17.7 Å². The summed E-state index contributed by atoms with van der Waals surface area (Å²) >= 11 is 6.97. The van der Waals surface area contributed by atoms with Crippen molar-refractivity contribution in [3.63, 3.8) is 0 Å². The van der Waals surface area contributed by atoms with Gasteiger partial charge >= 0.3 is 5.97 Å². The molecule has 0 spiro atoms. The van der Waals surface area contributed by atoms with Crippen molar-refractivity contribution in [2.75, 3.05) is 7.11 Å². The number of hydrogen-bond acceptors (Lipinski definition) is 4. The molecule has 4 nitrogen and oxygen atoms in total. The minimum absolute atomic E-state index is 0.335. The number of nitrogens with one attached hydrogen (secondary N) is 1. The number of carbonyl (C=O) groups is 2. The fraction of sp³-hybridized carbons (Fsp3) is 0.200. The number of esters is 1. The molecule has 1 aromatic carbocycles. The topological polar surface area (TPSA) is 55.4 Å². The standard InChI is InChI=1S/C15H14ClNO3S/c1-20-15(19)11(9-10-5-3-2-4-6-10)17-14(18)12-7-8-13(16)21-12/h2-8,11H,9H2,1H3,(H,17,18)/t11-/m1/s1. The van der Waals surface area contributed by atoms with Crippen LogP contribution in [-0.2, 0) is 16.0 Å². The smallest absolute Gasteiger partial charge is 0.328 e. The van der Waals surface area contributed by atoms with Gasteiger partial charge in [-0.15, -0.1) is 11.3 Å². The van der Waals surface area contributed by atoms with Crippen LogP contribution in [0.25, 0.3) is 0 Å². The van der Waals surface area contributed by atoms with Crippen molar-refractivity contribution >= 4 is 34.8 Å². The van der Waals surface area contributed by atoms with Gasteiger partial charge in [-0.1, -0.05) is 41.9 Å². The van der Waals surface area contributed by atoms with Crippen LogP contribution in [0.2, 0.25) is 4.34 Å². The predicted molar refractivity (Wildman–Crippen MR) is 82.7 cm³/mol. The zero-order valence-corrected chi connectivity index (χ0v) is 12.9. The van der Waals surface area contributed by atoms with Gasteiger partial charge in [-0.25, -0.2) is 4.79 Å². The number of halogens is 1. The van der Waals surface area contributed by atoms with Crippen LogP contribution in [-0.4, -0.2) is 25.0 Å². The SMILES string of the molecule is COC(=O)[C@@H](Cc1ccccc1)NC(=O)c1ccc(Cl)s1. The first-order valence-electron chi connectivity index (χ1n) is 6.28. The normalized spacial score (nSPS) is 11.7. The summed E-state index contributed by atoms with van der Waals surface area (Å²) in [4.78, 5) is 24.4. The molecule has 0 aliphatic heterocycles. The molecule has 0 bridgehead atoms. The van der Waals surface area contributed by atoms with Crippen LogP contribution >= 0.6 is 22.9 Å². The van der Waals surface area contributed by atoms with Crippen LogP contribution in [0.4, 0.5) is 0 Å². The summed E-state index contributed by atoms with van der Waals surface area (Å²) in [5, 5.41) is 2.68. The number of ether oxygens (including phenoxy) is 1. The highest BCUT2D eigenvalue weighted by molar-refractivity contribution is 7.18. The molecule has 1 aromatic heterocycles. The Morgan fingerprint density at radius 1 is 1.24 bits per heavy atom. The van der Waals surface area contributed by atoms with Gasteiger partial charge in [0.1, 0.15) is 6.04 Å². The lowest BCUT2D eigenvalue weighted by Crippen LogP contribution is -2.42. The van der Waals surface area contributed by atoms with Gasteiger partial charge in [0, 0.05) is 6.42 Å². The second-order valence-corrected chi connectivity index (χ2v) is 6.06. The number of rotatable bonds is 5. The number of thiophene rings is 1. The molecule has 1 N–H and O–H groups in total. The van der Waals surface area contributed by atoms with Gasteiger partial charge in [0.25, 0.3) is 5.91 Å². The zero-order valence-electron chi connectivity index (χ0n) is 11.3. The fourth-order valence-electron chi connectivity index (χ4n) is 1.85. The van der Waals surface area contributed by atoms with Crippen molar-refractivity contribution in [1.82, 2.24) is 5.32 Å². The van der Waals surface area contributed by atoms with E-state index in [4.69, 9.17) is 16.3 Å². The minimum Gasteiger partial charge on any atom is -0.467 e. The first kappa shape index (κ1) is 15.5. The van der Waals surface area contributed by atoms with Gasteiger partial charge in [-0.2, -0.15) is 0 Å². The first-order valence-corrected chi connectivity index (χ1v) is 7.47. The maximum Gasteiger partial charge on any atom is 0.328 e. The maximum atomic E-state index is 12.1. The quantitative estimate of drug-likeness (QED) is 0.861.